The molecule has 0 aromatic heterocycles. The Morgan fingerprint density at radius 2 is 1.89 bits per heavy atom. The molecule has 0 spiro atoms. The molecule has 0 radical (unpaired) electrons. The molecule has 0 saturated heterocycles. The number of primary amides is 1. The van der Waals surface area contributed by atoms with Gasteiger partial charge in [-0.2, -0.15) is 11.8 Å². The van der Waals surface area contributed by atoms with E-state index in [9.17, 15) is 9.59 Å². The van der Waals surface area contributed by atoms with Crippen LogP contribution in [0.2, 0.25) is 0 Å². The predicted molar refractivity (Wildman–Crippen MR) is 79.1 cm³/mol. The Morgan fingerprint density at radius 1 is 1.26 bits per heavy atom. The molecule has 1 aliphatic rings. The Bertz CT molecular complexity index is 292. The van der Waals surface area contributed by atoms with Gasteiger partial charge in [-0.15, -0.1) is 0 Å². The van der Waals surface area contributed by atoms with Gasteiger partial charge in [0.05, 0.1) is 0 Å². The second-order valence-corrected chi connectivity index (χ2v) is 6.03. The molecule has 1 fully saturated rings. The van der Waals surface area contributed by atoms with Crippen LogP contribution in [0.15, 0.2) is 0 Å². The van der Waals surface area contributed by atoms with Crippen LogP contribution in [0.3, 0.4) is 0 Å². The molecule has 5 nitrogen and oxygen atoms in total. The second kappa shape index (κ2) is 9.07. The normalized spacial score (nSPS) is 18.4. The van der Waals surface area contributed by atoms with Gasteiger partial charge in [0.25, 0.3) is 0 Å². The molecule has 19 heavy (non-hydrogen) atoms. The van der Waals surface area contributed by atoms with E-state index >= 15 is 0 Å². The molecule has 0 aliphatic heterocycles. The molecule has 1 atom stereocenters. The number of nitrogens with two attached hydrogens (primary N) is 1. The van der Waals surface area contributed by atoms with Crippen molar-refractivity contribution in [1.82, 2.24) is 10.6 Å². The maximum absolute atomic E-state index is 12.2. The van der Waals surface area contributed by atoms with Crippen molar-refractivity contribution < 1.29 is 9.59 Å². The van der Waals surface area contributed by atoms with Gasteiger partial charge in [0.1, 0.15) is 6.04 Å². The maximum atomic E-state index is 12.2. The first-order valence-corrected chi connectivity index (χ1v) is 8.38. The van der Waals surface area contributed by atoms with Crippen LogP contribution in [0, 0.1) is 0 Å². The average molecular weight is 287 g/mol. The fraction of sp³-hybridized carbons (Fsp3) is 0.846. The topological polar surface area (TPSA) is 84.2 Å². The highest BCUT2D eigenvalue weighted by Crippen LogP contribution is 2.17. The van der Waals surface area contributed by atoms with Crippen molar-refractivity contribution in [2.45, 2.75) is 57.0 Å². The third-order valence-corrected chi connectivity index (χ3v) is 4.09. The lowest BCUT2D eigenvalue weighted by Crippen LogP contribution is -2.51. The molecule has 110 valence electrons. The molecule has 4 N–H and O–H groups in total. The molecular formula is C13H25N3O2S. The smallest absolute Gasteiger partial charge is 0.312 e. The van der Waals surface area contributed by atoms with Crippen LogP contribution in [-0.2, 0) is 4.79 Å². The quantitative estimate of drug-likeness (QED) is 0.649. The van der Waals surface area contributed by atoms with E-state index < -0.39 is 12.1 Å². The van der Waals surface area contributed by atoms with E-state index in [4.69, 9.17) is 5.73 Å². The Kier molecular flexibility index (Phi) is 7.70. The third-order valence-electron chi connectivity index (χ3n) is 3.45. The summed E-state index contributed by atoms with van der Waals surface area (Å²) in [6.07, 6.45) is 9.51. The summed E-state index contributed by atoms with van der Waals surface area (Å²) in [5.41, 5.74) is 5.12. The molecule has 0 aromatic carbocycles. The van der Waals surface area contributed by atoms with E-state index in [1.807, 2.05) is 6.26 Å². The van der Waals surface area contributed by atoms with E-state index in [1.165, 1.54) is 25.7 Å². The van der Waals surface area contributed by atoms with Gasteiger partial charge in [-0.05, 0) is 31.3 Å². The minimum Gasteiger partial charge on any atom is -0.352 e. The SMILES string of the molecule is CSCC[C@@H](NC(N)=O)C(=O)NC1CCCCCC1. The summed E-state index contributed by atoms with van der Waals surface area (Å²) in [6.45, 7) is 0. The summed E-state index contributed by atoms with van der Waals surface area (Å²) in [4.78, 5) is 23.1. The highest BCUT2D eigenvalue weighted by Gasteiger charge is 2.22. The summed E-state index contributed by atoms with van der Waals surface area (Å²) >= 11 is 1.65. The molecule has 0 aromatic rings. The number of hydrogen-bond acceptors (Lipinski definition) is 3. The zero-order chi connectivity index (χ0) is 14.1. The van der Waals surface area contributed by atoms with E-state index in [0.29, 0.717) is 6.42 Å². The van der Waals surface area contributed by atoms with Gasteiger partial charge < -0.3 is 16.4 Å². The minimum atomic E-state index is -0.637. The van der Waals surface area contributed by atoms with Crippen molar-refractivity contribution in [2.24, 2.45) is 5.73 Å². The van der Waals surface area contributed by atoms with Crippen molar-refractivity contribution in [1.29, 1.82) is 0 Å². The molecule has 3 amide bonds. The number of nitrogens with one attached hydrogen (secondary N) is 2. The lowest BCUT2D eigenvalue weighted by atomic mass is 10.1. The maximum Gasteiger partial charge on any atom is 0.312 e. The largest absolute Gasteiger partial charge is 0.352 e. The minimum absolute atomic E-state index is 0.0975. The predicted octanol–water partition coefficient (Wildman–Crippen LogP) is 1.62. The van der Waals surface area contributed by atoms with E-state index in [1.54, 1.807) is 11.8 Å². The fourth-order valence-corrected chi connectivity index (χ4v) is 2.87. The average Bonchev–Trinajstić information content (AvgIpc) is 2.62. The molecule has 0 heterocycles. The van der Waals surface area contributed by atoms with E-state index in [-0.39, 0.29) is 11.9 Å². The highest BCUT2D eigenvalue weighted by molar-refractivity contribution is 7.98. The van der Waals surface area contributed by atoms with Crippen LogP contribution >= 0.6 is 11.8 Å². The van der Waals surface area contributed by atoms with Gasteiger partial charge in [-0.25, -0.2) is 4.79 Å². The number of thioether (sulfide) groups is 1. The molecule has 0 unspecified atom stereocenters. The standard InChI is InChI=1S/C13H25N3O2S/c1-19-9-8-11(16-13(14)18)12(17)15-10-6-4-2-3-5-7-10/h10-11H,2-9H2,1H3,(H,15,17)(H3,14,16,18)/t11-/m1/s1. The number of carbonyl (C=O) groups excluding carboxylic acids is 2. The third kappa shape index (κ3) is 6.71. The first-order valence-electron chi connectivity index (χ1n) is 6.98. The van der Waals surface area contributed by atoms with Crippen LogP contribution in [0.1, 0.15) is 44.9 Å². The van der Waals surface area contributed by atoms with Crippen LogP contribution < -0.4 is 16.4 Å². The van der Waals surface area contributed by atoms with Crippen molar-refractivity contribution >= 4 is 23.7 Å². The zero-order valence-electron chi connectivity index (χ0n) is 11.6. The Hall–Kier alpha value is -0.910. The Balaban J connectivity index is 2.46. The van der Waals surface area contributed by atoms with Crippen LogP contribution in [0.4, 0.5) is 4.79 Å². The number of carbonyl (C=O) groups is 2. The first kappa shape index (κ1) is 16.1. The summed E-state index contributed by atoms with van der Waals surface area (Å²) < 4.78 is 0. The molecule has 6 heteroatoms. The monoisotopic (exact) mass is 287 g/mol. The number of amides is 3. The van der Waals surface area contributed by atoms with Crippen molar-refractivity contribution in [2.75, 3.05) is 12.0 Å². The summed E-state index contributed by atoms with van der Waals surface area (Å²) in [5, 5.41) is 5.59. The Morgan fingerprint density at radius 3 is 2.42 bits per heavy atom. The lowest BCUT2D eigenvalue weighted by molar-refractivity contribution is -0.123. The van der Waals surface area contributed by atoms with Gasteiger partial charge >= 0.3 is 6.03 Å². The van der Waals surface area contributed by atoms with Crippen LogP contribution in [-0.4, -0.2) is 36.0 Å². The van der Waals surface area contributed by atoms with Gasteiger partial charge in [-0.3, -0.25) is 4.79 Å². The van der Waals surface area contributed by atoms with Crippen molar-refractivity contribution in [3.8, 4) is 0 Å². The lowest BCUT2D eigenvalue weighted by Gasteiger charge is -2.21. The van der Waals surface area contributed by atoms with Gasteiger partial charge in [0.15, 0.2) is 0 Å². The number of hydrogen-bond donors (Lipinski definition) is 3. The Labute approximate surface area is 119 Å². The van der Waals surface area contributed by atoms with Crippen molar-refractivity contribution in [3.05, 3.63) is 0 Å². The molecule has 1 aliphatic carbocycles. The van der Waals surface area contributed by atoms with Gasteiger partial charge in [0, 0.05) is 6.04 Å². The molecule has 1 rings (SSSR count). The van der Waals surface area contributed by atoms with Gasteiger partial charge in [0.2, 0.25) is 5.91 Å². The second-order valence-electron chi connectivity index (χ2n) is 5.04. The number of rotatable bonds is 6. The van der Waals surface area contributed by atoms with E-state index in [0.717, 1.165) is 18.6 Å². The number of urea groups is 1. The highest BCUT2D eigenvalue weighted by atomic mass is 32.2. The molecule has 1 saturated carbocycles. The van der Waals surface area contributed by atoms with Crippen LogP contribution in [0.5, 0.6) is 0 Å². The van der Waals surface area contributed by atoms with Gasteiger partial charge in [-0.1, -0.05) is 25.7 Å². The fourth-order valence-electron chi connectivity index (χ4n) is 2.40. The summed E-state index contributed by atoms with van der Waals surface area (Å²) in [6, 6.07) is -0.892. The summed E-state index contributed by atoms with van der Waals surface area (Å²) in [5.74, 6) is 0.725. The van der Waals surface area contributed by atoms with E-state index in [2.05, 4.69) is 10.6 Å². The molecule has 0 bridgehead atoms. The molecular weight excluding hydrogens is 262 g/mol. The van der Waals surface area contributed by atoms with Crippen LogP contribution in [0.25, 0.3) is 0 Å². The van der Waals surface area contributed by atoms with Crippen molar-refractivity contribution in [3.63, 3.8) is 0 Å². The zero-order valence-corrected chi connectivity index (χ0v) is 12.4. The summed E-state index contributed by atoms with van der Waals surface area (Å²) in [7, 11) is 0. The first-order chi connectivity index (χ1) is 9.13.